The topological polar surface area (TPSA) is 146 Å². The van der Waals surface area contributed by atoms with Crippen LogP contribution < -0.4 is 0 Å². The largest absolute Gasteiger partial charge is 0.510 e. The number of rotatable bonds is 7. The van der Waals surface area contributed by atoms with E-state index in [2.05, 4.69) is 18.9 Å². The Bertz CT molecular complexity index is 475. The van der Waals surface area contributed by atoms with Crippen LogP contribution in [0.1, 0.15) is 0 Å². The highest BCUT2D eigenvalue weighted by Gasteiger charge is 2.41. The molecule has 0 fully saturated rings. The van der Waals surface area contributed by atoms with E-state index in [1.807, 2.05) is 11.8 Å². The van der Waals surface area contributed by atoms with Gasteiger partial charge < -0.3 is 29.2 Å². The van der Waals surface area contributed by atoms with Gasteiger partial charge in [-0.25, -0.2) is 19.2 Å². The van der Waals surface area contributed by atoms with Gasteiger partial charge in [-0.15, -0.1) is 12.8 Å². The van der Waals surface area contributed by atoms with Crippen molar-refractivity contribution in [2.45, 2.75) is 12.2 Å². The van der Waals surface area contributed by atoms with Gasteiger partial charge in [-0.3, -0.25) is 0 Å². The highest BCUT2D eigenvalue weighted by molar-refractivity contribution is 5.86. The molecule has 10 heteroatoms. The molecule has 0 bridgehead atoms. The first-order valence-corrected chi connectivity index (χ1v) is 5.32. The Kier molecular flexibility index (Phi) is 8.03. The predicted molar refractivity (Wildman–Crippen MR) is 65.4 cm³/mol. The number of ether oxygens (including phenoxy) is 4. The Morgan fingerprint density at radius 2 is 1.14 bits per heavy atom. The van der Waals surface area contributed by atoms with E-state index in [1.165, 1.54) is 0 Å². The van der Waals surface area contributed by atoms with Crippen LogP contribution in [0.4, 0.5) is 9.59 Å². The number of hydrogen-bond acceptors (Lipinski definition) is 8. The second-order valence-electron chi connectivity index (χ2n) is 3.24. The third kappa shape index (κ3) is 6.68. The summed E-state index contributed by atoms with van der Waals surface area (Å²) in [5.41, 5.74) is 0. The maximum Gasteiger partial charge on any atom is 0.510 e. The molecule has 0 aliphatic carbocycles. The van der Waals surface area contributed by atoms with Gasteiger partial charge >= 0.3 is 24.2 Å². The van der Waals surface area contributed by atoms with E-state index in [-0.39, 0.29) is 0 Å². The first-order chi connectivity index (χ1) is 10.3. The molecule has 2 unspecified atom stereocenters. The summed E-state index contributed by atoms with van der Waals surface area (Å²) in [4.78, 5) is 44.1. The van der Waals surface area contributed by atoms with Crippen molar-refractivity contribution in [3.05, 3.63) is 0 Å². The van der Waals surface area contributed by atoms with Crippen molar-refractivity contribution >= 4 is 24.2 Å². The third-order valence-corrected chi connectivity index (χ3v) is 1.75. The van der Waals surface area contributed by atoms with Gasteiger partial charge in [0.15, 0.2) is 13.2 Å². The van der Waals surface area contributed by atoms with Gasteiger partial charge in [0.05, 0.1) is 0 Å². The summed E-state index contributed by atoms with van der Waals surface area (Å²) in [6.45, 7) is -1.07. The molecule has 118 valence electrons. The zero-order valence-electron chi connectivity index (χ0n) is 10.9. The van der Waals surface area contributed by atoms with Gasteiger partial charge in [0, 0.05) is 0 Å². The molecule has 0 aromatic carbocycles. The number of aliphatic carboxylic acids is 2. The molecule has 0 saturated carbocycles. The maximum atomic E-state index is 11.1. The fourth-order valence-corrected chi connectivity index (χ4v) is 0.960. The lowest BCUT2D eigenvalue weighted by Crippen LogP contribution is -2.46. The van der Waals surface area contributed by atoms with E-state index in [0.29, 0.717) is 0 Å². The molecular weight excluding hydrogens is 304 g/mol. The third-order valence-electron chi connectivity index (χ3n) is 1.75. The van der Waals surface area contributed by atoms with Crippen molar-refractivity contribution in [1.29, 1.82) is 0 Å². The summed E-state index contributed by atoms with van der Waals surface area (Å²) in [5, 5.41) is 17.7. The molecule has 0 aliphatic rings. The highest BCUT2D eigenvalue weighted by Crippen LogP contribution is 2.09. The van der Waals surface area contributed by atoms with E-state index in [9.17, 15) is 19.2 Å². The molecule has 10 nitrogen and oxygen atoms in total. The van der Waals surface area contributed by atoms with Crippen molar-refractivity contribution in [3.8, 4) is 24.7 Å². The molecule has 0 heterocycles. The van der Waals surface area contributed by atoms with Crippen molar-refractivity contribution in [1.82, 2.24) is 0 Å². The Morgan fingerprint density at radius 3 is 1.36 bits per heavy atom. The van der Waals surface area contributed by atoms with Crippen molar-refractivity contribution in [3.63, 3.8) is 0 Å². The molecule has 2 atom stereocenters. The van der Waals surface area contributed by atoms with Crippen LogP contribution >= 0.6 is 0 Å². The average Bonchev–Trinajstić information content (AvgIpc) is 2.45. The Balaban J connectivity index is 4.97. The molecule has 0 aliphatic heterocycles. The summed E-state index contributed by atoms with van der Waals surface area (Å²) < 4.78 is 16.9. The molecule has 0 spiro atoms. The van der Waals surface area contributed by atoms with Crippen LogP contribution in [0.5, 0.6) is 0 Å². The number of carbonyl (C=O) groups excluding carboxylic acids is 2. The monoisotopic (exact) mass is 314 g/mol. The number of carboxylic acids is 2. The summed E-state index contributed by atoms with van der Waals surface area (Å²) in [6, 6.07) is 0. The Hall–Kier alpha value is -3.40. The lowest BCUT2D eigenvalue weighted by molar-refractivity contribution is -0.169. The quantitative estimate of drug-likeness (QED) is 0.464. The van der Waals surface area contributed by atoms with Gasteiger partial charge in [-0.2, -0.15) is 0 Å². The van der Waals surface area contributed by atoms with E-state index in [1.54, 1.807) is 0 Å². The summed E-state index contributed by atoms with van der Waals surface area (Å²) in [7, 11) is 0. The summed E-state index contributed by atoms with van der Waals surface area (Å²) >= 11 is 0. The summed E-state index contributed by atoms with van der Waals surface area (Å²) in [5.74, 6) is -0.0202. The number of carbonyl (C=O) groups is 4. The van der Waals surface area contributed by atoms with Crippen LogP contribution in [0.25, 0.3) is 0 Å². The fraction of sp³-hybridized carbons (Fsp3) is 0.333. The zero-order chi connectivity index (χ0) is 17.1. The van der Waals surface area contributed by atoms with E-state index in [4.69, 9.17) is 23.1 Å². The molecule has 0 saturated heterocycles. The second kappa shape index (κ2) is 9.50. The minimum atomic E-state index is -2.39. The minimum Gasteiger partial charge on any atom is -0.478 e. The fourth-order valence-electron chi connectivity index (χ4n) is 0.960. The van der Waals surface area contributed by atoms with Gasteiger partial charge in [-0.05, 0) is 0 Å². The lowest BCUT2D eigenvalue weighted by Gasteiger charge is -2.19. The molecule has 2 N–H and O–H groups in total. The van der Waals surface area contributed by atoms with Gasteiger partial charge in [-0.1, -0.05) is 11.8 Å². The van der Waals surface area contributed by atoms with Crippen LogP contribution in [0.2, 0.25) is 0 Å². The van der Waals surface area contributed by atoms with Crippen LogP contribution in [-0.2, 0) is 28.5 Å². The van der Waals surface area contributed by atoms with E-state index < -0.39 is 49.7 Å². The van der Waals surface area contributed by atoms with Crippen molar-refractivity contribution in [2.24, 2.45) is 0 Å². The van der Waals surface area contributed by atoms with E-state index >= 15 is 0 Å². The molecule has 0 amide bonds. The van der Waals surface area contributed by atoms with Crippen molar-refractivity contribution < 1.29 is 48.3 Å². The van der Waals surface area contributed by atoms with Gasteiger partial charge in [0.2, 0.25) is 12.2 Å². The first kappa shape index (κ1) is 18.6. The first-order valence-electron chi connectivity index (χ1n) is 5.32. The molecule has 22 heavy (non-hydrogen) atoms. The van der Waals surface area contributed by atoms with Crippen molar-refractivity contribution in [2.75, 3.05) is 13.2 Å². The maximum absolute atomic E-state index is 11.1. The Labute approximate surface area is 123 Å². The summed E-state index contributed by atoms with van der Waals surface area (Å²) in [6.07, 6.45) is 1.69. The molecular formula is C12H10O10. The van der Waals surface area contributed by atoms with E-state index in [0.717, 1.165) is 0 Å². The highest BCUT2D eigenvalue weighted by atomic mass is 16.8. The molecule has 0 aromatic heterocycles. The zero-order valence-corrected chi connectivity index (χ0v) is 10.9. The number of hydrogen-bond donors (Lipinski definition) is 2. The molecule has 0 radical (unpaired) electrons. The van der Waals surface area contributed by atoms with Crippen LogP contribution in [0.3, 0.4) is 0 Å². The molecule has 0 rings (SSSR count). The number of terminal acetylenes is 2. The predicted octanol–water partition coefficient (Wildman–Crippen LogP) is -0.534. The normalized spacial score (nSPS) is 11.7. The second-order valence-corrected chi connectivity index (χ2v) is 3.24. The van der Waals surface area contributed by atoms with Crippen LogP contribution in [0.15, 0.2) is 0 Å². The van der Waals surface area contributed by atoms with Crippen LogP contribution in [0, 0.1) is 24.7 Å². The minimum absolute atomic E-state index is 0.534. The number of carboxylic acid groups (broad SMARTS) is 2. The van der Waals surface area contributed by atoms with Gasteiger partial charge in [0.25, 0.3) is 0 Å². The standard InChI is InChI=1S/C12H10O10/c1-3-5-19-11(17)21-7(9(13)14)8(10(15)16)22-12(18)20-6-4-2/h1-2,7-8H,5-6H2,(H,13,14)(H,15,16). The van der Waals surface area contributed by atoms with Gasteiger partial charge in [0.1, 0.15) is 0 Å². The SMILES string of the molecule is C#CCOC(=O)OC(C(=O)O)C(OC(=O)OCC#C)C(=O)O. The molecule has 0 aromatic rings. The lowest BCUT2D eigenvalue weighted by atomic mass is 10.2. The average molecular weight is 314 g/mol. The smallest absolute Gasteiger partial charge is 0.478 e. The Morgan fingerprint density at radius 1 is 0.818 bits per heavy atom. The van der Waals surface area contributed by atoms with Crippen LogP contribution in [-0.4, -0.2) is 59.9 Å².